The van der Waals surface area contributed by atoms with E-state index >= 15 is 0 Å². The maximum absolute atomic E-state index is 13.7. The predicted molar refractivity (Wildman–Crippen MR) is 311 cm³/mol. The SMILES string of the molecule is Cc1c(-c2ccccc2)oc2cccc(OCCCN(CCNc3cc(=O)n(C)c(=O)n3C)CCOC(=O)C(=O)OCCN(CCCOc3cccc4oc(-c5ccccc5)c(C)c(=O)c34)CCNc3cc(=O)n(C)c(=O)n3C)c2c1=O. The second-order valence-electron chi connectivity index (χ2n) is 19.5. The first-order valence-corrected chi connectivity index (χ1v) is 26.8. The van der Waals surface area contributed by atoms with Gasteiger partial charge < -0.3 is 38.4 Å². The minimum absolute atomic E-state index is 0.176. The molecule has 4 heterocycles. The van der Waals surface area contributed by atoms with Crippen molar-refractivity contribution in [2.24, 2.45) is 28.2 Å². The summed E-state index contributed by atoms with van der Waals surface area (Å²) in [5.74, 6) is -0.0796. The Bertz CT molecular complexity index is 3700. The minimum atomic E-state index is -1.20. The highest BCUT2D eigenvalue weighted by Crippen LogP contribution is 2.31. The van der Waals surface area contributed by atoms with Gasteiger partial charge in [-0.2, -0.15) is 0 Å². The second-order valence-corrected chi connectivity index (χ2v) is 19.5. The van der Waals surface area contributed by atoms with E-state index in [9.17, 15) is 38.4 Å². The van der Waals surface area contributed by atoms with Crippen molar-refractivity contribution < 1.29 is 37.4 Å². The normalized spacial score (nSPS) is 11.4. The summed E-state index contributed by atoms with van der Waals surface area (Å²) >= 11 is 0. The molecule has 0 saturated heterocycles. The standard InChI is InChI=1S/C60H66N8O14/c1-39-53(71)51-43(21-13-23-45(51)81-55(39)41-17-9-7-10-18-41)77-33-15-27-67(29-25-61-47-37-49(69)65(5)59(75)63(47)3)31-35-79-57(73)58(74)80-36-32-68(30-26-62-48-38-50(70)66(6)60(76)64(48)4)28-16-34-78-44-22-14-24-46-52(44)54(72)40(2)56(82-46)42-19-11-8-12-20-42/h7-14,17-24,37-38,61-62H,15-16,25-36H2,1-6H3. The van der Waals surface area contributed by atoms with Crippen molar-refractivity contribution in [3.63, 3.8) is 0 Å². The number of esters is 2. The number of ether oxygens (including phenoxy) is 4. The topological polar surface area (TPSA) is 250 Å². The van der Waals surface area contributed by atoms with Crippen LogP contribution in [0, 0.1) is 13.8 Å². The van der Waals surface area contributed by atoms with Gasteiger partial charge in [-0.25, -0.2) is 19.2 Å². The number of nitrogens with one attached hydrogen (secondary N) is 2. The van der Waals surface area contributed by atoms with E-state index in [1.165, 1.54) is 35.4 Å². The highest BCUT2D eigenvalue weighted by atomic mass is 16.6. The zero-order valence-electron chi connectivity index (χ0n) is 46.7. The van der Waals surface area contributed by atoms with Gasteiger partial charge in [0.2, 0.25) is 0 Å². The monoisotopic (exact) mass is 1120 g/mol. The molecule has 0 bridgehead atoms. The molecule has 0 unspecified atom stereocenters. The molecule has 22 nitrogen and oxygen atoms in total. The Balaban J connectivity index is 0.867. The molecule has 0 spiro atoms. The highest BCUT2D eigenvalue weighted by Gasteiger charge is 2.21. The van der Waals surface area contributed by atoms with Gasteiger partial charge in [-0.15, -0.1) is 0 Å². The van der Waals surface area contributed by atoms with E-state index in [0.717, 1.165) is 20.3 Å². The van der Waals surface area contributed by atoms with Crippen molar-refractivity contribution in [1.82, 2.24) is 28.1 Å². The Kier molecular flexibility index (Phi) is 19.6. The number of rotatable bonds is 26. The summed E-state index contributed by atoms with van der Waals surface area (Å²) in [5, 5.41) is 6.90. The van der Waals surface area contributed by atoms with Crippen molar-refractivity contribution in [3.05, 3.63) is 182 Å². The molecule has 4 aromatic heterocycles. The van der Waals surface area contributed by atoms with E-state index in [2.05, 4.69) is 10.6 Å². The molecular formula is C60H66N8O14. The Hall–Kier alpha value is -9.28. The van der Waals surface area contributed by atoms with Gasteiger partial charge in [0.15, 0.2) is 10.9 Å². The van der Waals surface area contributed by atoms with Crippen LogP contribution >= 0.6 is 0 Å². The molecule has 4 aromatic carbocycles. The fourth-order valence-electron chi connectivity index (χ4n) is 9.32. The van der Waals surface area contributed by atoms with E-state index in [4.69, 9.17) is 27.8 Å². The van der Waals surface area contributed by atoms with Crippen LogP contribution in [0.5, 0.6) is 11.5 Å². The summed E-state index contributed by atoms with van der Waals surface area (Å²) in [6.45, 7) is 5.88. The van der Waals surface area contributed by atoms with Gasteiger partial charge >= 0.3 is 23.3 Å². The molecule has 0 aliphatic carbocycles. The molecule has 0 fully saturated rings. The molecule has 0 saturated carbocycles. The Morgan fingerprint density at radius 2 is 0.866 bits per heavy atom. The predicted octanol–water partition coefficient (Wildman–Crippen LogP) is 4.80. The fourth-order valence-corrected chi connectivity index (χ4v) is 9.32. The zero-order valence-corrected chi connectivity index (χ0v) is 46.7. The maximum Gasteiger partial charge on any atom is 0.417 e. The molecule has 82 heavy (non-hydrogen) atoms. The summed E-state index contributed by atoms with van der Waals surface area (Å²) in [6, 6.07) is 31.7. The Labute approximate surface area is 470 Å². The lowest BCUT2D eigenvalue weighted by molar-refractivity contribution is -0.168. The number of carbonyl (C=O) groups is 2. The summed E-state index contributed by atoms with van der Waals surface area (Å²) < 4.78 is 40.2. The Morgan fingerprint density at radius 3 is 1.26 bits per heavy atom. The molecular weight excluding hydrogens is 1060 g/mol. The molecule has 8 aromatic rings. The third-order valence-electron chi connectivity index (χ3n) is 14.0. The maximum atomic E-state index is 13.7. The van der Waals surface area contributed by atoms with Gasteiger partial charge in [-0.3, -0.25) is 47.2 Å². The summed E-state index contributed by atoms with van der Waals surface area (Å²) in [6.07, 6.45) is 0.915. The average molecular weight is 1120 g/mol. The lowest BCUT2D eigenvalue weighted by atomic mass is 10.1. The van der Waals surface area contributed by atoms with Crippen molar-refractivity contribution in [2.75, 3.05) is 89.4 Å². The van der Waals surface area contributed by atoms with Crippen LogP contribution in [0.15, 0.2) is 147 Å². The van der Waals surface area contributed by atoms with Gasteiger partial charge in [0, 0.05) is 115 Å². The number of hydrogen-bond acceptors (Lipinski definition) is 18. The molecule has 0 amide bonds. The van der Waals surface area contributed by atoms with Crippen LogP contribution < -0.4 is 53.5 Å². The first-order valence-electron chi connectivity index (χ1n) is 26.8. The number of hydrogen-bond donors (Lipinski definition) is 2. The second kappa shape index (κ2) is 27.3. The summed E-state index contributed by atoms with van der Waals surface area (Å²) in [5.41, 5.74) is 0.853. The van der Waals surface area contributed by atoms with E-state index in [0.29, 0.717) is 107 Å². The minimum Gasteiger partial charge on any atom is -0.493 e. The van der Waals surface area contributed by atoms with Gasteiger partial charge in [0.25, 0.3) is 11.1 Å². The molecule has 2 N–H and O–H groups in total. The van der Waals surface area contributed by atoms with Gasteiger partial charge in [-0.05, 0) is 51.0 Å². The number of fused-ring (bicyclic) bond motifs is 2. The quantitative estimate of drug-likeness (QED) is 0.0420. The first kappa shape index (κ1) is 58.9. The lowest BCUT2D eigenvalue weighted by Gasteiger charge is -2.23. The van der Waals surface area contributed by atoms with Gasteiger partial charge in [0.05, 0.1) is 13.2 Å². The van der Waals surface area contributed by atoms with Crippen LogP contribution in [-0.4, -0.2) is 119 Å². The third kappa shape index (κ3) is 14.0. The van der Waals surface area contributed by atoms with E-state index in [-0.39, 0.29) is 63.5 Å². The van der Waals surface area contributed by atoms with Gasteiger partial charge in [-0.1, -0.05) is 72.8 Å². The van der Waals surface area contributed by atoms with Crippen molar-refractivity contribution in [1.29, 1.82) is 0 Å². The fraction of sp³-hybridized carbons (Fsp3) is 0.333. The average Bonchev–Trinajstić information content (AvgIpc) is 3.57. The van der Waals surface area contributed by atoms with Crippen molar-refractivity contribution in [2.45, 2.75) is 26.7 Å². The largest absolute Gasteiger partial charge is 0.493 e. The van der Waals surface area contributed by atoms with E-state index in [1.54, 1.807) is 64.3 Å². The molecule has 0 aliphatic rings. The molecule has 0 aliphatic heterocycles. The van der Waals surface area contributed by atoms with Crippen molar-refractivity contribution in [3.8, 4) is 34.1 Å². The zero-order chi connectivity index (χ0) is 58.5. The molecule has 22 heteroatoms. The number of benzene rings is 4. The summed E-state index contributed by atoms with van der Waals surface area (Å²) in [4.78, 5) is 107. The number of nitrogens with zero attached hydrogens (tertiary/aromatic N) is 6. The van der Waals surface area contributed by atoms with Crippen LogP contribution in [-0.2, 0) is 47.3 Å². The molecule has 0 atom stereocenters. The van der Waals surface area contributed by atoms with Crippen molar-refractivity contribution >= 4 is 45.5 Å². The van der Waals surface area contributed by atoms with Crippen LogP contribution in [0.3, 0.4) is 0 Å². The highest BCUT2D eigenvalue weighted by molar-refractivity contribution is 6.29. The Morgan fingerprint density at radius 1 is 0.476 bits per heavy atom. The third-order valence-corrected chi connectivity index (χ3v) is 14.0. The van der Waals surface area contributed by atoms with Gasteiger partial charge in [0.1, 0.15) is 69.8 Å². The number of aromatic nitrogens is 4. The number of carbonyl (C=O) groups excluding carboxylic acids is 2. The van der Waals surface area contributed by atoms with E-state index < -0.39 is 34.4 Å². The summed E-state index contributed by atoms with van der Waals surface area (Å²) in [7, 11) is 5.87. The van der Waals surface area contributed by atoms with Crippen LogP contribution in [0.25, 0.3) is 44.6 Å². The van der Waals surface area contributed by atoms with Crippen LogP contribution in [0.2, 0.25) is 0 Å². The molecule has 0 radical (unpaired) electrons. The van der Waals surface area contributed by atoms with Crippen LogP contribution in [0.1, 0.15) is 24.0 Å². The molecule has 8 rings (SSSR count). The number of anilines is 2. The lowest BCUT2D eigenvalue weighted by Crippen LogP contribution is -2.39. The molecule has 430 valence electrons. The smallest absolute Gasteiger partial charge is 0.417 e. The van der Waals surface area contributed by atoms with E-state index in [1.807, 2.05) is 70.5 Å². The first-order chi connectivity index (χ1) is 39.5. The van der Waals surface area contributed by atoms with Crippen LogP contribution in [0.4, 0.5) is 11.6 Å².